The van der Waals surface area contributed by atoms with E-state index in [1.54, 1.807) is 18.4 Å². The summed E-state index contributed by atoms with van der Waals surface area (Å²) < 4.78 is 11.3. The molecule has 24 heavy (non-hydrogen) atoms. The maximum Gasteiger partial charge on any atom is 0.315 e. The van der Waals surface area contributed by atoms with Gasteiger partial charge in [0.05, 0.1) is 6.10 Å². The van der Waals surface area contributed by atoms with E-state index in [1.807, 2.05) is 42.5 Å². The minimum Gasteiger partial charge on any atom is -0.388 e. The predicted molar refractivity (Wildman–Crippen MR) is 95.0 cm³/mol. The third-order valence-corrected chi connectivity index (χ3v) is 4.53. The van der Waals surface area contributed by atoms with E-state index in [-0.39, 0.29) is 6.03 Å². The molecule has 0 heterocycles. The minimum atomic E-state index is -0.998. The van der Waals surface area contributed by atoms with Crippen LogP contribution in [0.2, 0.25) is 0 Å². The molecule has 5 nitrogen and oxygen atoms in total. The van der Waals surface area contributed by atoms with Crippen LogP contribution in [-0.4, -0.2) is 28.1 Å². The second kappa shape index (κ2) is 9.20. The first-order valence-corrected chi connectivity index (χ1v) is 9.29. The van der Waals surface area contributed by atoms with Gasteiger partial charge in [0.25, 0.3) is 0 Å². The Kier molecular flexibility index (Phi) is 6.96. The van der Waals surface area contributed by atoms with Crippen LogP contribution >= 0.6 is 0 Å². The molecule has 2 atom stereocenters. The first kappa shape index (κ1) is 18.2. The fourth-order valence-corrected chi connectivity index (χ4v) is 2.73. The van der Waals surface area contributed by atoms with Gasteiger partial charge in [-0.2, -0.15) is 0 Å². The number of rotatable bonds is 7. The highest BCUT2D eigenvalue weighted by molar-refractivity contribution is 7.84. The summed E-state index contributed by atoms with van der Waals surface area (Å²) in [6.45, 7) is 0.777. The van der Waals surface area contributed by atoms with Crippen molar-refractivity contribution in [3.8, 4) is 0 Å². The highest BCUT2D eigenvalue weighted by atomic mass is 32.2. The van der Waals surface area contributed by atoms with Crippen molar-refractivity contribution < 1.29 is 14.1 Å². The Morgan fingerprint density at radius 3 is 2.38 bits per heavy atom. The van der Waals surface area contributed by atoms with E-state index in [1.165, 1.54) is 0 Å². The van der Waals surface area contributed by atoms with Gasteiger partial charge in [0.15, 0.2) is 0 Å². The molecule has 6 heteroatoms. The third kappa shape index (κ3) is 5.79. The number of aliphatic hydroxyl groups is 1. The number of aliphatic hydroxyl groups excluding tert-OH is 1. The zero-order valence-electron chi connectivity index (χ0n) is 13.6. The third-order valence-electron chi connectivity index (χ3n) is 3.60. The van der Waals surface area contributed by atoms with Crippen molar-refractivity contribution in [3.63, 3.8) is 0 Å². The van der Waals surface area contributed by atoms with Crippen molar-refractivity contribution >= 4 is 16.8 Å². The van der Waals surface area contributed by atoms with Crippen molar-refractivity contribution in [2.75, 3.05) is 12.8 Å². The molecule has 0 saturated carbocycles. The van der Waals surface area contributed by atoms with E-state index in [2.05, 4.69) is 10.6 Å². The lowest BCUT2D eigenvalue weighted by Crippen LogP contribution is -2.36. The molecular formula is C18H22N2O3S. The zero-order chi connectivity index (χ0) is 17.4. The molecule has 0 saturated heterocycles. The largest absolute Gasteiger partial charge is 0.388 e. The summed E-state index contributed by atoms with van der Waals surface area (Å²) in [5.41, 5.74) is 1.77. The molecule has 0 bridgehead atoms. The number of benzene rings is 2. The molecule has 128 valence electrons. The molecule has 0 spiro atoms. The lowest BCUT2D eigenvalue weighted by molar-refractivity contribution is 0.167. The van der Waals surface area contributed by atoms with Crippen LogP contribution in [0.5, 0.6) is 0 Å². The van der Waals surface area contributed by atoms with E-state index in [4.69, 9.17) is 0 Å². The van der Waals surface area contributed by atoms with E-state index >= 15 is 0 Å². The number of carbonyl (C=O) groups is 1. The summed E-state index contributed by atoms with van der Waals surface area (Å²) >= 11 is 0. The van der Waals surface area contributed by atoms with Crippen LogP contribution in [0.25, 0.3) is 0 Å². The molecule has 2 aromatic carbocycles. The molecule has 0 radical (unpaired) electrons. The van der Waals surface area contributed by atoms with Gasteiger partial charge in [-0.15, -0.1) is 0 Å². The fraction of sp³-hybridized carbons (Fsp3) is 0.278. The molecule has 0 aliphatic carbocycles. The minimum absolute atomic E-state index is 0.279. The SMILES string of the molecule is CS(=O)c1ccc(CNC(=O)NCCC(O)c2ccccc2)cc1. The molecule has 2 amide bonds. The van der Waals surface area contributed by atoms with Crippen molar-refractivity contribution in [1.82, 2.24) is 10.6 Å². The molecule has 2 rings (SSSR count). The van der Waals surface area contributed by atoms with Crippen molar-refractivity contribution in [2.24, 2.45) is 0 Å². The summed E-state index contributed by atoms with van der Waals surface area (Å²) in [5, 5.41) is 15.5. The molecular weight excluding hydrogens is 324 g/mol. The first-order chi connectivity index (χ1) is 11.6. The number of amides is 2. The smallest absolute Gasteiger partial charge is 0.315 e. The summed E-state index contributed by atoms with van der Waals surface area (Å²) in [4.78, 5) is 12.5. The number of hydrogen-bond donors (Lipinski definition) is 3. The van der Waals surface area contributed by atoms with Crippen molar-refractivity contribution in [1.29, 1.82) is 0 Å². The van der Waals surface area contributed by atoms with Gasteiger partial charge in [-0.3, -0.25) is 4.21 Å². The Hall–Kier alpha value is -2.18. The molecule has 2 aromatic rings. The Morgan fingerprint density at radius 2 is 1.75 bits per heavy atom. The number of hydrogen-bond acceptors (Lipinski definition) is 3. The summed E-state index contributed by atoms with van der Waals surface area (Å²) in [7, 11) is -0.998. The van der Waals surface area contributed by atoms with Crippen LogP contribution in [0, 0.1) is 0 Å². The van der Waals surface area contributed by atoms with Crippen molar-refractivity contribution in [3.05, 3.63) is 65.7 Å². The Morgan fingerprint density at radius 1 is 1.08 bits per heavy atom. The van der Waals surface area contributed by atoms with Gasteiger partial charge in [0.2, 0.25) is 0 Å². The standard InChI is InChI=1S/C18H22N2O3S/c1-24(23)16-9-7-14(8-10-16)13-20-18(22)19-12-11-17(21)15-5-3-2-4-6-15/h2-10,17,21H,11-13H2,1H3,(H2,19,20,22). The highest BCUT2D eigenvalue weighted by Crippen LogP contribution is 2.14. The second-order valence-corrected chi connectivity index (χ2v) is 6.80. The van der Waals surface area contributed by atoms with E-state index in [9.17, 15) is 14.1 Å². The van der Waals surface area contributed by atoms with Gasteiger partial charge in [0, 0.05) is 35.0 Å². The fourth-order valence-electron chi connectivity index (χ4n) is 2.21. The summed E-state index contributed by atoms with van der Waals surface area (Å²) in [5.74, 6) is 0. The Labute approximate surface area is 144 Å². The van der Waals surface area contributed by atoms with Crippen LogP contribution in [0.15, 0.2) is 59.5 Å². The molecule has 0 fully saturated rings. The Bertz CT molecular complexity index is 674. The van der Waals surface area contributed by atoms with E-state index < -0.39 is 16.9 Å². The van der Waals surface area contributed by atoms with Gasteiger partial charge in [-0.25, -0.2) is 4.79 Å². The normalized spacial score (nSPS) is 13.1. The monoisotopic (exact) mass is 346 g/mol. The summed E-state index contributed by atoms with van der Waals surface area (Å²) in [6, 6.07) is 16.4. The molecule has 3 N–H and O–H groups in total. The lowest BCUT2D eigenvalue weighted by atomic mass is 10.1. The van der Waals surface area contributed by atoms with Crippen LogP contribution in [0.3, 0.4) is 0 Å². The van der Waals surface area contributed by atoms with Gasteiger partial charge in [0.1, 0.15) is 0 Å². The van der Waals surface area contributed by atoms with Crippen LogP contribution in [-0.2, 0) is 17.3 Å². The van der Waals surface area contributed by atoms with E-state index in [0.717, 1.165) is 16.0 Å². The number of carbonyl (C=O) groups excluding carboxylic acids is 1. The highest BCUT2D eigenvalue weighted by Gasteiger charge is 2.07. The second-order valence-electron chi connectivity index (χ2n) is 5.42. The molecule has 0 aliphatic rings. The van der Waals surface area contributed by atoms with Crippen LogP contribution in [0.4, 0.5) is 4.79 Å². The molecule has 0 aliphatic heterocycles. The van der Waals surface area contributed by atoms with Gasteiger partial charge in [-0.05, 0) is 29.7 Å². The summed E-state index contributed by atoms with van der Waals surface area (Å²) in [6.07, 6.45) is 1.49. The number of urea groups is 1. The first-order valence-electron chi connectivity index (χ1n) is 7.73. The average molecular weight is 346 g/mol. The van der Waals surface area contributed by atoms with Crippen molar-refractivity contribution in [2.45, 2.75) is 24.0 Å². The lowest BCUT2D eigenvalue weighted by Gasteiger charge is -2.12. The maximum atomic E-state index is 11.8. The molecule has 2 unspecified atom stereocenters. The predicted octanol–water partition coefficient (Wildman–Crippen LogP) is 2.35. The molecule has 0 aromatic heterocycles. The van der Waals surface area contributed by atoms with Gasteiger partial charge in [-0.1, -0.05) is 42.5 Å². The van der Waals surface area contributed by atoms with Crippen LogP contribution in [0.1, 0.15) is 23.7 Å². The number of nitrogens with one attached hydrogen (secondary N) is 2. The topological polar surface area (TPSA) is 78.4 Å². The Balaban J connectivity index is 1.69. The maximum absolute atomic E-state index is 11.8. The quantitative estimate of drug-likeness (QED) is 0.720. The average Bonchev–Trinajstić information content (AvgIpc) is 2.61. The van der Waals surface area contributed by atoms with Gasteiger partial charge >= 0.3 is 6.03 Å². The zero-order valence-corrected chi connectivity index (χ0v) is 14.4. The van der Waals surface area contributed by atoms with E-state index in [0.29, 0.717) is 19.5 Å². The van der Waals surface area contributed by atoms with Gasteiger partial charge < -0.3 is 15.7 Å². The van der Waals surface area contributed by atoms with Crippen LogP contribution < -0.4 is 10.6 Å².